The quantitative estimate of drug-likeness (QED) is 0.848. The lowest BCUT2D eigenvalue weighted by Gasteiger charge is -2.12. The molecule has 2 nitrogen and oxygen atoms in total. The molecule has 0 fully saturated rings. The topological polar surface area (TPSA) is 35.2 Å². The van der Waals surface area contributed by atoms with Crippen LogP contribution in [0.25, 0.3) is 0 Å². The van der Waals surface area contributed by atoms with Crippen LogP contribution in [0.3, 0.4) is 0 Å². The predicted octanol–water partition coefficient (Wildman–Crippen LogP) is 3.35. The summed E-state index contributed by atoms with van der Waals surface area (Å²) >= 11 is 0. The van der Waals surface area contributed by atoms with Crippen molar-refractivity contribution in [2.24, 2.45) is 5.73 Å². The number of hydrogen-bond donors (Lipinski definition) is 1. The van der Waals surface area contributed by atoms with Crippen LogP contribution in [0, 0.1) is 0 Å². The molecule has 0 amide bonds. The second kappa shape index (κ2) is 8.37. The van der Waals surface area contributed by atoms with E-state index in [2.05, 4.69) is 25.1 Å². The molecule has 3 heteroatoms. The number of ether oxygens (including phenoxy) is 1. The Hall–Kier alpha value is -0.730. The van der Waals surface area contributed by atoms with Crippen molar-refractivity contribution in [1.82, 2.24) is 0 Å². The van der Waals surface area contributed by atoms with Gasteiger partial charge in [0.15, 0.2) is 0 Å². The average Bonchev–Trinajstić information content (AvgIpc) is 2.21. The monoisotopic (exact) mass is 257 g/mol. The molecule has 0 spiro atoms. The molecule has 1 rings (SSSR count). The number of benzene rings is 1. The van der Waals surface area contributed by atoms with Crippen LogP contribution >= 0.6 is 12.4 Å². The fourth-order valence-corrected chi connectivity index (χ4v) is 1.89. The van der Waals surface area contributed by atoms with Gasteiger partial charge in [-0.1, -0.05) is 25.5 Å². The highest BCUT2D eigenvalue weighted by Crippen LogP contribution is 2.22. The Kier molecular flexibility index (Phi) is 8.01. The molecular weight excluding hydrogens is 234 g/mol. The molecule has 0 aromatic heterocycles. The molecule has 0 saturated carbocycles. The lowest BCUT2D eigenvalue weighted by Crippen LogP contribution is -2.17. The Balaban J connectivity index is 0.00000256. The van der Waals surface area contributed by atoms with E-state index in [-0.39, 0.29) is 18.4 Å². The van der Waals surface area contributed by atoms with Gasteiger partial charge in [-0.05, 0) is 43.9 Å². The summed E-state index contributed by atoms with van der Waals surface area (Å²) in [6, 6.07) is 6.64. The average molecular weight is 258 g/mol. The number of aryl methyl sites for hydroxylation is 1. The number of hydrogen-bond acceptors (Lipinski definition) is 2. The van der Waals surface area contributed by atoms with Gasteiger partial charge in [-0.2, -0.15) is 0 Å². The van der Waals surface area contributed by atoms with E-state index in [1.165, 1.54) is 11.1 Å². The molecule has 0 aliphatic rings. The van der Waals surface area contributed by atoms with Gasteiger partial charge in [0, 0.05) is 6.04 Å². The molecule has 1 aromatic carbocycles. The van der Waals surface area contributed by atoms with Gasteiger partial charge in [0.2, 0.25) is 0 Å². The minimum absolute atomic E-state index is 0. The lowest BCUT2D eigenvalue weighted by molar-refractivity contribution is 0.336. The Labute approximate surface area is 111 Å². The highest BCUT2D eigenvalue weighted by Gasteiger charge is 2.05. The first kappa shape index (κ1) is 16.3. The Morgan fingerprint density at radius 3 is 2.53 bits per heavy atom. The third kappa shape index (κ3) is 5.42. The summed E-state index contributed by atoms with van der Waals surface area (Å²) in [4.78, 5) is 0. The minimum Gasteiger partial charge on any atom is -0.494 e. The van der Waals surface area contributed by atoms with E-state index in [1.807, 2.05) is 13.8 Å². The maximum atomic E-state index is 5.81. The van der Waals surface area contributed by atoms with Gasteiger partial charge in [-0.3, -0.25) is 0 Å². The zero-order valence-electron chi connectivity index (χ0n) is 11.0. The van der Waals surface area contributed by atoms with Crippen molar-refractivity contribution in [1.29, 1.82) is 0 Å². The molecule has 17 heavy (non-hydrogen) atoms. The van der Waals surface area contributed by atoms with Crippen LogP contribution in [-0.2, 0) is 12.8 Å². The van der Waals surface area contributed by atoms with Crippen molar-refractivity contribution >= 4 is 12.4 Å². The summed E-state index contributed by atoms with van der Waals surface area (Å²) in [6.07, 6.45) is 3.15. The summed E-state index contributed by atoms with van der Waals surface area (Å²) in [7, 11) is 0. The van der Waals surface area contributed by atoms with Gasteiger partial charge in [-0.15, -0.1) is 12.4 Å². The van der Waals surface area contributed by atoms with E-state index < -0.39 is 0 Å². The highest BCUT2D eigenvalue weighted by molar-refractivity contribution is 5.85. The van der Waals surface area contributed by atoms with Crippen LogP contribution in [-0.4, -0.2) is 12.6 Å². The van der Waals surface area contributed by atoms with E-state index in [0.29, 0.717) is 0 Å². The first-order valence-corrected chi connectivity index (χ1v) is 6.17. The normalized spacial score (nSPS) is 11.8. The van der Waals surface area contributed by atoms with E-state index in [4.69, 9.17) is 10.5 Å². The van der Waals surface area contributed by atoms with Crippen LogP contribution in [0.1, 0.15) is 38.3 Å². The molecular formula is C14H24ClNO. The maximum Gasteiger partial charge on any atom is 0.122 e. The summed E-state index contributed by atoms with van der Waals surface area (Å²) in [5.74, 6) is 1.03. The van der Waals surface area contributed by atoms with Crippen LogP contribution in [0.4, 0.5) is 0 Å². The van der Waals surface area contributed by atoms with Crippen LogP contribution < -0.4 is 10.5 Å². The van der Waals surface area contributed by atoms with Crippen LogP contribution in [0.2, 0.25) is 0 Å². The van der Waals surface area contributed by atoms with E-state index in [1.54, 1.807) is 0 Å². The fourth-order valence-electron chi connectivity index (χ4n) is 1.89. The zero-order valence-corrected chi connectivity index (χ0v) is 11.8. The molecule has 0 saturated heterocycles. The van der Waals surface area contributed by atoms with Gasteiger partial charge in [-0.25, -0.2) is 0 Å². The summed E-state index contributed by atoms with van der Waals surface area (Å²) < 4.78 is 5.62. The fraction of sp³-hybridized carbons (Fsp3) is 0.571. The van der Waals surface area contributed by atoms with Crippen molar-refractivity contribution in [3.05, 3.63) is 29.3 Å². The van der Waals surface area contributed by atoms with Gasteiger partial charge in [0.05, 0.1) is 6.61 Å². The van der Waals surface area contributed by atoms with E-state index >= 15 is 0 Å². The largest absolute Gasteiger partial charge is 0.494 e. The van der Waals surface area contributed by atoms with Crippen molar-refractivity contribution in [2.45, 2.75) is 46.1 Å². The third-order valence-corrected chi connectivity index (χ3v) is 2.50. The standard InChI is InChI=1S/C14H23NO.ClH/c1-4-6-13-10-12(9-11(3)15)7-8-14(13)16-5-2;/h7-8,10-11H,4-6,9,15H2,1-3H3;1H. The van der Waals surface area contributed by atoms with Crippen LogP contribution in [0.5, 0.6) is 5.75 Å². The molecule has 98 valence electrons. The summed E-state index contributed by atoms with van der Waals surface area (Å²) in [6.45, 7) is 6.97. The maximum absolute atomic E-state index is 5.81. The molecule has 2 N–H and O–H groups in total. The Morgan fingerprint density at radius 1 is 1.29 bits per heavy atom. The highest BCUT2D eigenvalue weighted by atomic mass is 35.5. The molecule has 0 aliphatic carbocycles. The van der Waals surface area contributed by atoms with Crippen molar-refractivity contribution in [2.75, 3.05) is 6.61 Å². The first-order chi connectivity index (χ1) is 7.67. The van der Waals surface area contributed by atoms with Gasteiger partial charge >= 0.3 is 0 Å². The molecule has 0 aliphatic heterocycles. The number of halogens is 1. The zero-order chi connectivity index (χ0) is 12.0. The lowest BCUT2D eigenvalue weighted by atomic mass is 10.0. The molecule has 1 unspecified atom stereocenters. The second-order valence-corrected chi connectivity index (χ2v) is 4.31. The minimum atomic E-state index is 0. The summed E-state index contributed by atoms with van der Waals surface area (Å²) in [5.41, 5.74) is 8.43. The van der Waals surface area contributed by atoms with Crippen molar-refractivity contribution in [3.8, 4) is 5.75 Å². The molecule has 0 radical (unpaired) electrons. The molecule has 0 bridgehead atoms. The third-order valence-electron chi connectivity index (χ3n) is 2.50. The Bertz CT molecular complexity index is 326. The predicted molar refractivity (Wildman–Crippen MR) is 76.2 cm³/mol. The summed E-state index contributed by atoms with van der Waals surface area (Å²) in [5, 5.41) is 0. The second-order valence-electron chi connectivity index (χ2n) is 4.31. The Morgan fingerprint density at radius 2 is 2.00 bits per heavy atom. The van der Waals surface area contributed by atoms with Gasteiger partial charge in [0.25, 0.3) is 0 Å². The SMILES string of the molecule is CCCc1cc(CC(C)N)ccc1OCC.Cl. The first-order valence-electron chi connectivity index (χ1n) is 6.17. The van der Waals surface area contributed by atoms with Crippen LogP contribution in [0.15, 0.2) is 18.2 Å². The number of nitrogens with two attached hydrogens (primary N) is 1. The molecule has 1 aromatic rings. The number of rotatable bonds is 6. The van der Waals surface area contributed by atoms with E-state index in [9.17, 15) is 0 Å². The molecule has 1 atom stereocenters. The van der Waals surface area contributed by atoms with Gasteiger partial charge in [0.1, 0.15) is 5.75 Å². The smallest absolute Gasteiger partial charge is 0.122 e. The molecule has 0 heterocycles. The van der Waals surface area contributed by atoms with Crippen molar-refractivity contribution in [3.63, 3.8) is 0 Å². The van der Waals surface area contributed by atoms with E-state index in [0.717, 1.165) is 31.6 Å². The van der Waals surface area contributed by atoms with Crippen molar-refractivity contribution < 1.29 is 4.74 Å². The van der Waals surface area contributed by atoms with Gasteiger partial charge < -0.3 is 10.5 Å².